The van der Waals surface area contributed by atoms with Gasteiger partial charge in [0.2, 0.25) is 0 Å². The van der Waals surface area contributed by atoms with Crippen LogP contribution in [0.1, 0.15) is 49.8 Å². The zero-order chi connectivity index (χ0) is 25.9. The fourth-order valence-electron chi connectivity index (χ4n) is 4.18. The van der Waals surface area contributed by atoms with Gasteiger partial charge in [-0.3, -0.25) is 4.79 Å². The highest BCUT2D eigenvalue weighted by molar-refractivity contribution is 8.05. The Hall–Kier alpha value is -3.55. The maximum atomic E-state index is 12.3. The van der Waals surface area contributed by atoms with Crippen LogP contribution in [-0.4, -0.2) is 24.4 Å². The Morgan fingerprint density at radius 1 is 0.865 bits per heavy atom. The van der Waals surface area contributed by atoms with Crippen LogP contribution in [0.5, 0.6) is 0 Å². The zero-order valence-electron chi connectivity index (χ0n) is 21.3. The summed E-state index contributed by atoms with van der Waals surface area (Å²) < 4.78 is 9.69. The Bertz CT molecular complexity index is 1160. The Kier molecular flexibility index (Phi) is 9.40. The van der Waals surface area contributed by atoms with Gasteiger partial charge in [0.05, 0.1) is 19.6 Å². The van der Waals surface area contributed by atoms with Crippen LogP contribution in [0, 0.1) is 0 Å². The molecular formula is C30H33N3O3S. The van der Waals surface area contributed by atoms with Crippen LogP contribution in [0.3, 0.4) is 0 Å². The van der Waals surface area contributed by atoms with Crippen molar-refractivity contribution in [1.82, 2.24) is 5.32 Å². The van der Waals surface area contributed by atoms with Gasteiger partial charge in [-0.25, -0.2) is 9.83 Å². The highest BCUT2D eigenvalue weighted by atomic mass is 32.2. The molecule has 1 heterocycles. The molecule has 3 aromatic rings. The van der Waals surface area contributed by atoms with Gasteiger partial charge in [0.15, 0.2) is 5.17 Å². The summed E-state index contributed by atoms with van der Waals surface area (Å²) in [6, 6.07) is 30.8. The average Bonchev–Trinajstić information content (AvgIpc) is 3.31. The molecule has 0 saturated carbocycles. The lowest BCUT2D eigenvalue weighted by Crippen LogP contribution is -2.32. The number of nitrogens with one attached hydrogen (secondary N) is 1. The number of carbonyl (C=O) groups is 1. The molecule has 3 aromatic carbocycles. The van der Waals surface area contributed by atoms with Gasteiger partial charge >= 0.3 is 5.97 Å². The molecule has 1 aliphatic rings. The molecule has 0 bridgehead atoms. The normalized spacial score (nSPS) is 16.4. The molecule has 1 atom stereocenters. The van der Waals surface area contributed by atoms with Crippen LogP contribution in [0.2, 0.25) is 0 Å². The molecule has 0 radical (unpaired) electrons. The first-order valence-corrected chi connectivity index (χ1v) is 13.9. The first-order valence-electron chi connectivity index (χ1n) is 12.6. The van der Waals surface area contributed by atoms with Gasteiger partial charge in [0.1, 0.15) is 5.54 Å². The molecule has 192 valence electrons. The van der Waals surface area contributed by atoms with Crippen molar-refractivity contribution < 1.29 is 14.4 Å². The molecule has 0 saturated heterocycles. The number of esters is 1. The summed E-state index contributed by atoms with van der Waals surface area (Å²) in [7, 11) is -0.815. The Labute approximate surface area is 221 Å². The van der Waals surface area contributed by atoms with E-state index in [1.165, 1.54) is 0 Å². The highest BCUT2D eigenvalue weighted by Gasteiger charge is 2.38. The molecule has 0 aliphatic carbocycles. The van der Waals surface area contributed by atoms with Gasteiger partial charge in [-0.1, -0.05) is 109 Å². The predicted molar refractivity (Wildman–Crippen MR) is 150 cm³/mol. The molecular weight excluding hydrogens is 482 g/mol. The van der Waals surface area contributed by atoms with E-state index in [-0.39, 0.29) is 12.4 Å². The molecule has 0 fully saturated rings. The third kappa shape index (κ3) is 6.42. The van der Waals surface area contributed by atoms with Crippen molar-refractivity contribution in [2.24, 2.45) is 9.52 Å². The van der Waals surface area contributed by atoms with Crippen LogP contribution >= 0.6 is 0 Å². The second kappa shape index (κ2) is 13.1. The minimum absolute atomic E-state index is 0.121. The number of aliphatic imine (C=N–C) groups is 1. The fraction of sp³-hybridized carbons (Fsp3) is 0.267. The van der Waals surface area contributed by atoms with E-state index in [1.54, 1.807) is 6.92 Å². The van der Waals surface area contributed by atoms with Crippen LogP contribution in [-0.2, 0) is 30.6 Å². The average molecular weight is 516 g/mol. The number of hydrogen-bond donors (Lipinski definition) is 1. The van der Waals surface area contributed by atoms with Crippen LogP contribution in [0.4, 0.5) is 0 Å². The van der Waals surface area contributed by atoms with Gasteiger partial charge in [-0.05, 0) is 30.0 Å². The highest BCUT2D eigenvalue weighted by Crippen LogP contribution is 2.41. The van der Waals surface area contributed by atoms with Gasteiger partial charge in [0, 0.05) is 21.8 Å². The summed E-state index contributed by atoms with van der Waals surface area (Å²) in [5.74, 6) is -0.293. The Morgan fingerprint density at radius 2 is 1.41 bits per heavy atom. The molecule has 4 rings (SSSR count). The first kappa shape index (κ1) is 26.5. The van der Waals surface area contributed by atoms with Crippen molar-refractivity contribution >= 4 is 21.8 Å². The maximum Gasteiger partial charge on any atom is 0.311 e. The fourth-order valence-corrected chi connectivity index (χ4v) is 5.47. The molecule has 6 nitrogen and oxygen atoms in total. The molecule has 7 heteroatoms. The number of benzene rings is 3. The van der Waals surface area contributed by atoms with Gasteiger partial charge in [-0.2, -0.15) is 0 Å². The third-order valence-corrected chi connectivity index (χ3v) is 7.29. The van der Waals surface area contributed by atoms with Gasteiger partial charge < -0.3 is 10.1 Å². The number of nitrogens with zero attached hydrogens (tertiary/aromatic N) is 2. The third-order valence-electron chi connectivity index (χ3n) is 5.93. The molecule has 0 spiro atoms. The molecule has 1 N–H and O–H groups in total. The largest absolute Gasteiger partial charge is 0.466 e. The summed E-state index contributed by atoms with van der Waals surface area (Å²) >= 11 is 0. The Balaban J connectivity index is 1.88. The van der Waals surface area contributed by atoms with Crippen molar-refractivity contribution in [3.63, 3.8) is 0 Å². The van der Waals surface area contributed by atoms with Crippen molar-refractivity contribution in [2.45, 2.75) is 38.6 Å². The number of ether oxygens (including phenoxy) is 1. The van der Waals surface area contributed by atoms with Crippen molar-refractivity contribution in [2.75, 3.05) is 13.2 Å². The lowest BCUT2D eigenvalue weighted by atomic mass is 9.77. The Morgan fingerprint density at radius 3 is 1.89 bits per heavy atom. The molecule has 0 amide bonds. The van der Waals surface area contributed by atoms with E-state index in [9.17, 15) is 4.79 Å². The number of amidine groups is 1. The predicted octanol–water partition coefficient (Wildman–Crippen LogP) is 6.27. The first-order chi connectivity index (χ1) is 18.2. The summed E-state index contributed by atoms with van der Waals surface area (Å²) in [5.41, 5.74) is 2.94. The zero-order valence-corrected chi connectivity index (χ0v) is 22.1. The van der Waals surface area contributed by atoms with E-state index in [4.69, 9.17) is 14.6 Å². The van der Waals surface area contributed by atoms with Gasteiger partial charge in [0.25, 0.3) is 0 Å². The molecule has 0 aromatic heterocycles. The van der Waals surface area contributed by atoms with E-state index in [0.29, 0.717) is 24.1 Å². The monoisotopic (exact) mass is 515 g/mol. The van der Waals surface area contributed by atoms with Crippen molar-refractivity contribution in [1.29, 1.82) is 0 Å². The van der Waals surface area contributed by atoms with Crippen molar-refractivity contribution in [3.8, 4) is 0 Å². The quantitative estimate of drug-likeness (QED) is 0.141. The number of carbonyl (C=O) groups excluding carboxylic acids is 1. The van der Waals surface area contributed by atoms with Crippen molar-refractivity contribution in [3.05, 3.63) is 119 Å². The number of unbranched alkanes of at least 4 members (excludes halogenated alkanes) is 1. The molecule has 1 unspecified atom stereocenters. The van der Waals surface area contributed by atoms with Crippen LogP contribution in [0.25, 0.3) is 0 Å². The lowest BCUT2D eigenvalue weighted by molar-refractivity contribution is -0.142. The summed E-state index contributed by atoms with van der Waals surface area (Å²) in [4.78, 5) is 23.4. The summed E-state index contributed by atoms with van der Waals surface area (Å²) in [6.45, 7) is 4.79. The minimum atomic E-state index is -0.844. The SMILES string of the molecule is CCCCO/N=S1\C=C(CC(=O)OCC)NC1=NC(c1ccccc1)(c1ccccc1)c1ccccc1. The number of hydrogen-bond acceptors (Lipinski definition) is 5. The van der Waals surface area contributed by atoms with E-state index >= 15 is 0 Å². The van der Waals surface area contributed by atoms with E-state index < -0.39 is 16.2 Å². The molecule has 37 heavy (non-hydrogen) atoms. The van der Waals surface area contributed by atoms with E-state index in [1.807, 2.05) is 60.0 Å². The number of rotatable bonds is 11. The van der Waals surface area contributed by atoms with Crippen LogP contribution < -0.4 is 5.32 Å². The lowest BCUT2D eigenvalue weighted by Gasteiger charge is -2.32. The standard InChI is InChI=1S/C30H33N3O3S/c1-3-5-21-36-33-37-23-27(22-28(34)35-4-2)31-29(37)32-30(24-15-9-6-10-16-24,25-17-11-7-12-18-25)26-19-13-8-14-20-26/h6-20,23H,3-5,21-22H2,1-2H3,(H,31,32). The van der Waals surface area contributed by atoms with Crippen LogP contribution in [0.15, 0.2) is 112 Å². The van der Waals surface area contributed by atoms with E-state index in [2.05, 4.69) is 53.2 Å². The van der Waals surface area contributed by atoms with E-state index in [0.717, 1.165) is 29.5 Å². The topological polar surface area (TPSA) is 72.3 Å². The second-order valence-corrected chi connectivity index (χ2v) is 9.95. The summed E-state index contributed by atoms with van der Waals surface area (Å²) in [5, 5.41) is 5.95. The second-order valence-electron chi connectivity index (χ2n) is 8.55. The van der Waals surface area contributed by atoms with Gasteiger partial charge in [-0.15, -0.1) is 0 Å². The smallest absolute Gasteiger partial charge is 0.311 e. The maximum absolute atomic E-state index is 12.3. The summed E-state index contributed by atoms with van der Waals surface area (Å²) in [6.07, 6.45) is 2.06. The molecule has 1 aliphatic heterocycles. The minimum Gasteiger partial charge on any atom is -0.466 e.